The van der Waals surface area contributed by atoms with Crippen LogP contribution >= 0.6 is 0 Å². The molecule has 0 aliphatic heterocycles. The highest BCUT2D eigenvalue weighted by Gasteiger charge is 1.94. The minimum Gasteiger partial charge on any atom is -0.375 e. The van der Waals surface area contributed by atoms with Gasteiger partial charge in [-0.1, -0.05) is 56.5 Å². The molecule has 112 valence electrons. The molecule has 0 fully saturated rings. The first kappa shape index (κ1) is 16.5. The molecule has 4 heteroatoms. The maximum atomic E-state index is 5.77. The standard InChI is InChI=1S/C16H27N3O/c1-2-3-4-8-11-18-16(17)19-12-13-20-14-15-9-6-5-7-10-15/h5-7,9-10H,2-4,8,11-14H2,1H3,(H3,17,18,19). The van der Waals surface area contributed by atoms with Crippen LogP contribution in [0.15, 0.2) is 35.3 Å². The van der Waals surface area contributed by atoms with Crippen molar-refractivity contribution in [3.8, 4) is 0 Å². The van der Waals surface area contributed by atoms with E-state index in [-0.39, 0.29) is 0 Å². The summed E-state index contributed by atoms with van der Waals surface area (Å²) in [6.07, 6.45) is 4.86. The first-order valence-corrected chi connectivity index (χ1v) is 7.48. The van der Waals surface area contributed by atoms with Gasteiger partial charge < -0.3 is 15.8 Å². The van der Waals surface area contributed by atoms with Gasteiger partial charge in [0.1, 0.15) is 0 Å². The number of guanidine groups is 1. The Kier molecular flexibility index (Phi) is 9.32. The third kappa shape index (κ3) is 8.53. The van der Waals surface area contributed by atoms with E-state index in [9.17, 15) is 0 Å². The molecule has 0 saturated carbocycles. The lowest BCUT2D eigenvalue weighted by Crippen LogP contribution is -2.34. The van der Waals surface area contributed by atoms with E-state index in [0.29, 0.717) is 25.7 Å². The number of nitrogens with one attached hydrogen (secondary N) is 1. The fourth-order valence-corrected chi connectivity index (χ4v) is 1.81. The summed E-state index contributed by atoms with van der Waals surface area (Å²) < 4.78 is 5.55. The van der Waals surface area contributed by atoms with Gasteiger partial charge in [0.2, 0.25) is 0 Å². The Morgan fingerprint density at radius 2 is 2.00 bits per heavy atom. The molecule has 1 aromatic rings. The summed E-state index contributed by atoms with van der Waals surface area (Å²) >= 11 is 0. The summed E-state index contributed by atoms with van der Waals surface area (Å²) in [5.41, 5.74) is 6.95. The Bertz CT molecular complexity index is 365. The molecule has 3 N–H and O–H groups in total. The maximum absolute atomic E-state index is 5.77. The summed E-state index contributed by atoms with van der Waals surface area (Å²) in [6, 6.07) is 10.1. The van der Waals surface area contributed by atoms with Gasteiger partial charge in [0.05, 0.1) is 13.2 Å². The van der Waals surface area contributed by atoms with Crippen molar-refractivity contribution in [2.45, 2.75) is 39.2 Å². The number of ether oxygens (including phenoxy) is 1. The van der Waals surface area contributed by atoms with Crippen LogP contribution in [0, 0.1) is 0 Å². The van der Waals surface area contributed by atoms with E-state index in [4.69, 9.17) is 10.5 Å². The average Bonchev–Trinajstić information content (AvgIpc) is 2.48. The number of nitrogens with zero attached hydrogens (tertiary/aromatic N) is 1. The van der Waals surface area contributed by atoms with Gasteiger partial charge in [-0.05, 0) is 12.0 Å². The predicted octanol–water partition coefficient (Wildman–Crippen LogP) is 2.69. The Hall–Kier alpha value is -1.55. The molecule has 0 radical (unpaired) electrons. The Morgan fingerprint density at radius 1 is 1.20 bits per heavy atom. The van der Waals surface area contributed by atoms with Gasteiger partial charge in [-0.15, -0.1) is 0 Å². The van der Waals surface area contributed by atoms with Gasteiger partial charge in [-0.2, -0.15) is 0 Å². The Balaban J connectivity index is 1.98. The molecule has 4 nitrogen and oxygen atoms in total. The molecule has 0 saturated heterocycles. The fraction of sp³-hybridized carbons (Fsp3) is 0.562. The lowest BCUT2D eigenvalue weighted by atomic mass is 10.2. The largest absolute Gasteiger partial charge is 0.375 e. The number of unbranched alkanes of at least 4 members (excludes halogenated alkanes) is 3. The molecule has 0 bridgehead atoms. The van der Waals surface area contributed by atoms with E-state index in [1.165, 1.54) is 24.8 Å². The molecule has 0 amide bonds. The Morgan fingerprint density at radius 3 is 2.75 bits per heavy atom. The zero-order valence-electron chi connectivity index (χ0n) is 12.5. The van der Waals surface area contributed by atoms with Gasteiger partial charge >= 0.3 is 0 Å². The van der Waals surface area contributed by atoms with Crippen LogP contribution in [0.5, 0.6) is 0 Å². The molecule has 0 heterocycles. The number of aliphatic imine (C=N–C) groups is 1. The maximum Gasteiger partial charge on any atom is 0.188 e. The first-order chi connectivity index (χ1) is 9.83. The number of hydrogen-bond acceptors (Lipinski definition) is 2. The summed E-state index contributed by atoms with van der Waals surface area (Å²) in [5.74, 6) is 0.518. The van der Waals surface area contributed by atoms with E-state index < -0.39 is 0 Å². The third-order valence-corrected chi connectivity index (χ3v) is 2.96. The van der Waals surface area contributed by atoms with Crippen LogP contribution in [-0.4, -0.2) is 25.7 Å². The van der Waals surface area contributed by atoms with Crippen molar-refractivity contribution in [1.82, 2.24) is 5.32 Å². The topological polar surface area (TPSA) is 59.6 Å². The second-order valence-corrected chi connectivity index (χ2v) is 4.79. The molecule has 1 rings (SSSR count). The molecule has 1 aromatic carbocycles. The number of hydrogen-bond donors (Lipinski definition) is 2. The van der Waals surface area contributed by atoms with Crippen molar-refractivity contribution in [2.75, 3.05) is 19.7 Å². The predicted molar refractivity (Wildman–Crippen MR) is 84.7 cm³/mol. The molecule has 0 unspecified atom stereocenters. The van der Waals surface area contributed by atoms with Gasteiger partial charge in [-0.3, -0.25) is 4.99 Å². The van der Waals surface area contributed by atoms with E-state index in [1.54, 1.807) is 0 Å². The first-order valence-electron chi connectivity index (χ1n) is 7.48. The molecule has 0 aliphatic carbocycles. The highest BCUT2D eigenvalue weighted by Crippen LogP contribution is 2.00. The van der Waals surface area contributed by atoms with E-state index in [1.807, 2.05) is 18.2 Å². The zero-order chi connectivity index (χ0) is 14.5. The monoisotopic (exact) mass is 277 g/mol. The Labute approximate surface area is 122 Å². The highest BCUT2D eigenvalue weighted by molar-refractivity contribution is 5.77. The second-order valence-electron chi connectivity index (χ2n) is 4.79. The van der Waals surface area contributed by atoms with Gasteiger partial charge in [0, 0.05) is 13.1 Å². The quantitative estimate of drug-likeness (QED) is 0.393. The van der Waals surface area contributed by atoms with Crippen LogP contribution in [0.25, 0.3) is 0 Å². The van der Waals surface area contributed by atoms with Crippen LogP contribution in [0.3, 0.4) is 0 Å². The van der Waals surface area contributed by atoms with Crippen LogP contribution in [-0.2, 0) is 11.3 Å². The second kappa shape index (κ2) is 11.3. The van der Waals surface area contributed by atoms with Crippen molar-refractivity contribution in [3.63, 3.8) is 0 Å². The van der Waals surface area contributed by atoms with Crippen molar-refractivity contribution < 1.29 is 4.74 Å². The molecule has 0 spiro atoms. The zero-order valence-corrected chi connectivity index (χ0v) is 12.5. The van der Waals surface area contributed by atoms with Gasteiger partial charge in [-0.25, -0.2) is 0 Å². The molecule has 0 atom stereocenters. The van der Waals surface area contributed by atoms with Crippen molar-refractivity contribution >= 4 is 5.96 Å². The lowest BCUT2D eigenvalue weighted by Gasteiger charge is -2.07. The number of benzene rings is 1. The number of rotatable bonds is 10. The van der Waals surface area contributed by atoms with E-state index in [0.717, 1.165) is 13.0 Å². The van der Waals surface area contributed by atoms with E-state index >= 15 is 0 Å². The van der Waals surface area contributed by atoms with Crippen molar-refractivity contribution in [2.24, 2.45) is 10.7 Å². The molecular weight excluding hydrogens is 250 g/mol. The summed E-state index contributed by atoms with van der Waals surface area (Å²) in [6.45, 7) is 4.97. The highest BCUT2D eigenvalue weighted by atomic mass is 16.5. The minimum atomic E-state index is 0.518. The molecule has 0 aromatic heterocycles. The average molecular weight is 277 g/mol. The van der Waals surface area contributed by atoms with Crippen LogP contribution < -0.4 is 11.1 Å². The van der Waals surface area contributed by atoms with Gasteiger partial charge in [0.25, 0.3) is 0 Å². The van der Waals surface area contributed by atoms with Gasteiger partial charge in [0.15, 0.2) is 5.96 Å². The molecule has 0 aliphatic rings. The summed E-state index contributed by atoms with van der Waals surface area (Å²) in [5, 5.41) is 3.06. The van der Waals surface area contributed by atoms with E-state index in [2.05, 4.69) is 29.4 Å². The summed E-state index contributed by atoms with van der Waals surface area (Å²) in [4.78, 5) is 4.28. The summed E-state index contributed by atoms with van der Waals surface area (Å²) in [7, 11) is 0. The smallest absolute Gasteiger partial charge is 0.188 e. The number of nitrogens with two attached hydrogens (primary N) is 1. The van der Waals surface area contributed by atoms with Crippen molar-refractivity contribution in [1.29, 1.82) is 0 Å². The third-order valence-electron chi connectivity index (χ3n) is 2.96. The SMILES string of the molecule is CCCCCCN=C(N)NCCOCc1ccccc1. The van der Waals surface area contributed by atoms with Crippen LogP contribution in [0.4, 0.5) is 0 Å². The fourth-order valence-electron chi connectivity index (χ4n) is 1.81. The van der Waals surface area contributed by atoms with Crippen LogP contribution in [0.1, 0.15) is 38.2 Å². The van der Waals surface area contributed by atoms with Crippen molar-refractivity contribution in [3.05, 3.63) is 35.9 Å². The normalized spacial score (nSPS) is 11.6. The molecular formula is C16H27N3O. The van der Waals surface area contributed by atoms with Crippen LogP contribution in [0.2, 0.25) is 0 Å². The molecule has 20 heavy (non-hydrogen) atoms. The minimum absolute atomic E-state index is 0.518. The lowest BCUT2D eigenvalue weighted by molar-refractivity contribution is 0.125.